The number of benzene rings is 1. The lowest BCUT2D eigenvalue weighted by atomic mass is 10.2. The molecular formula is C15H22ClNO. The van der Waals surface area contributed by atoms with Gasteiger partial charge in [0.2, 0.25) is 0 Å². The van der Waals surface area contributed by atoms with Crippen molar-refractivity contribution in [3.05, 3.63) is 41.4 Å². The molecule has 0 spiro atoms. The van der Waals surface area contributed by atoms with Gasteiger partial charge in [-0.3, -0.25) is 0 Å². The van der Waals surface area contributed by atoms with Crippen LogP contribution in [0.15, 0.2) is 30.9 Å². The van der Waals surface area contributed by atoms with Crippen molar-refractivity contribution >= 4 is 11.6 Å². The molecule has 0 aliphatic heterocycles. The van der Waals surface area contributed by atoms with Crippen LogP contribution in [0.5, 0.6) is 5.75 Å². The van der Waals surface area contributed by atoms with E-state index in [9.17, 15) is 0 Å². The molecule has 0 unspecified atom stereocenters. The molecule has 0 saturated carbocycles. The zero-order valence-corrected chi connectivity index (χ0v) is 11.8. The summed E-state index contributed by atoms with van der Waals surface area (Å²) in [6.07, 6.45) is 4.98. The number of hydrogen-bond donors (Lipinski definition) is 1. The molecule has 0 saturated heterocycles. The van der Waals surface area contributed by atoms with Crippen LogP contribution in [0.2, 0.25) is 5.02 Å². The molecule has 0 radical (unpaired) electrons. The fourth-order valence-corrected chi connectivity index (χ4v) is 1.88. The molecule has 3 heteroatoms. The highest BCUT2D eigenvalue weighted by Crippen LogP contribution is 2.26. The second-order valence-corrected chi connectivity index (χ2v) is 4.58. The first kappa shape index (κ1) is 15.1. The Kier molecular flexibility index (Phi) is 7.54. The predicted octanol–water partition coefficient (Wildman–Crippen LogP) is 4.18. The Labute approximate surface area is 115 Å². The lowest BCUT2D eigenvalue weighted by Crippen LogP contribution is -2.15. The number of rotatable bonds is 9. The summed E-state index contributed by atoms with van der Waals surface area (Å²) in [6, 6.07) is 5.80. The van der Waals surface area contributed by atoms with Crippen LogP contribution in [0.4, 0.5) is 0 Å². The molecule has 0 bridgehead atoms. The van der Waals surface area contributed by atoms with Gasteiger partial charge in [-0.2, -0.15) is 0 Å². The van der Waals surface area contributed by atoms with Crippen LogP contribution in [0, 0.1) is 0 Å². The SMILES string of the molecule is C=CCCCOc1cccc(Cl)c1CNCCC. The first-order valence-electron chi connectivity index (χ1n) is 6.51. The number of halogens is 1. The Balaban J connectivity index is 2.58. The van der Waals surface area contributed by atoms with E-state index in [1.54, 1.807) is 0 Å². The van der Waals surface area contributed by atoms with Crippen LogP contribution in [-0.4, -0.2) is 13.2 Å². The Morgan fingerprint density at radius 3 is 3.00 bits per heavy atom. The van der Waals surface area contributed by atoms with Gasteiger partial charge >= 0.3 is 0 Å². The summed E-state index contributed by atoms with van der Waals surface area (Å²) in [5.74, 6) is 0.884. The molecule has 0 fully saturated rings. The minimum Gasteiger partial charge on any atom is -0.493 e. The highest BCUT2D eigenvalue weighted by atomic mass is 35.5. The van der Waals surface area contributed by atoms with Crippen LogP contribution in [0.25, 0.3) is 0 Å². The zero-order valence-electron chi connectivity index (χ0n) is 11.0. The molecular weight excluding hydrogens is 246 g/mol. The van der Waals surface area contributed by atoms with Crippen molar-refractivity contribution in [3.8, 4) is 5.75 Å². The number of unbranched alkanes of at least 4 members (excludes halogenated alkanes) is 1. The van der Waals surface area contributed by atoms with Gasteiger partial charge in [-0.25, -0.2) is 0 Å². The average Bonchev–Trinajstić information content (AvgIpc) is 2.37. The largest absolute Gasteiger partial charge is 0.493 e. The van der Waals surface area contributed by atoms with Crippen LogP contribution in [-0.2, 0) is 6.54 Å². The molecule has 2 nitrogen and oxygen atoms in total. The van der Waals surface area contributed by atoms with Crippen molar-refractivity contribution < 1.29 is 4.74 Å². The fraction of sp³-hybridized carbons (Fsp3) is 0.467. The lowest BCUT2D eigenvalue weighted by Gasteiger charge is -2.13. The summed E-state index contributed by atoms with van der Waals surface area (Å²) in [7, 11) is 0. The van der Waals surface area contributed by atoms with Crippen molar-refractivity contribution in [1.82, 2.24) is 5.32 Å². The van der Waals surface area contributed by atoms with E-state index in [2.05, 4.69) is 18.8 Å². The van der Waals surface area contributed by atoms with Gasteiger partial charge in [0.1, 0.15) is 5.75 Å². The highest BCUT2D eigenvalue weighted by molar-refractivity contribution is 6.31. The predicted molar refractivity (Wildman–Crippen MR) is 78.4 cm³/mol. The first-order valence-corrected chi connectivity index (χ1v) is 6.89. The summed E-state index contributed by atoms with van der Waals surface area (Å²) in [4.78, 5) is 0. The lowest BCUT2D eigenvalue weighted by molar-refractivity contribution is 0.308. The fourth-order valence-electron chi connectivity index (χ4n) is 1.65. The van der Waals surface area contributed by atoms with Gasteiger partial charge in [-0.05, 0) is 37.9 Å². The molecule has 0 atom stereocenters. The molecule has 18 heavy (non-hydrogen) atoms. The van der Waals surface area contributed by atoms with Crippen molar-refractivity contribution in [2.75, 3.05) is 13.2 Å². The number of allylic oxidation sites excluding steroid dienone is 1. The Bertz CT molecular complexity index is 366. The Hall–Kier alpha value is -0.990. The topological polar surface area (TPSA) is 21.3 Å². The third kappa shape index (κ3) is 5.11. The maximum absolute atomic E-state index is 6.21. The number of ether oxygens (including phenoxy) is 1. The molecule has 1 aromatic rings. The molecule has 1 N–H and O–H groups in total. The Morgan fingerprint density at radius 1 is 1.44 bits per heavy atom. The number of nitrogens with one attached hydrogen (secondary N) is 1. The van der Waals surface area contributed by atoms with Crippen molar-refractivity contribution in [2.24, 2.45) is 0 Å². The van der Waals surface area contributed by atoms with E-state index in [0.29, 0.717) is 6.61 Å². The van der Waals surface area contributed by atoms with Gasteiger partial charge in [0.05, 0.1) is 6.61 Å². The highest BCUT2D eigenvalue weighted by Gasteiger charge is 2.07. The van der Waals surface area contributed by atoms with Crippen molar-refractivity contribution in [1.29, 1.82) is 0 Å². The standard InChI is InChI=1S/C15H22ClNO/c1-3-5-6-11-18-15-9-7-8-14(16)13(15)12-17-10-4-2/h3,7-9,17H,1,4-6,10-12H2,2H3. The van der Waals surface area contributed by atoms with Gasteiger partial charge in [0.15, 0.2) is 0 Å². The summed E-state index contributed by atoms with van der Waals surface area (Å²) < 4.78 is 5.78. The molecule has 1 aromatic carbocycles. The Morgan fingerprint density at radius 2 is 2.28 bits per heavy atom. The maximum atomic E-state index is 6.21. The quantitative estimate of drug-likeness (QED) is 0.535. The molecule has 0 aliphatic rings. The smallest absolute Gasteiger partial charge is 0.125 e. The first-order chi connectivity index (χ1) is 8.79. The van der Waals surface area contributed by atoms with Gasteiger partial charge < -0.3 is 10.1 Å². The van der Waals surface area contributed by atoms with Gasteiger partial charge in [0.25, 0.3) is 0 Å². The third-order valence-corrected chi connectivity index (χ3v) is 2.97. The van der Waals surface area contributed by atoms with Crippen LogP contribution in [0.1, 0.15) is 31.7 Å². The summed E-state index contributed by atoms with van der Waals surface area (Å²) in [6.45, 7) is 8.29. The molecule has 1 rings (SSSR count). The second-order valence-electron chi connectivity index (χ2n) is 4.17. The minimum absolute atomic E-state index is 0.702. The summed E-state index contributed by atoms with van der Waals surface area (Å²) in [5.41, 5.74) is 1.05. The van der Waals surface area contributed by atoms with E-state index in [-0.39, 0.29) is 0 Å². The zero-order chi connectivity index (χ0) is 13.2. The van der Waals surface area contributed by atoms with E-state index in [4.69, 9.17) is 16.3 Å². The third-order valence-electron chi connectivity index (χ3n) is 2.61. The van der Waals surface area contributed by atoms with E-state index >= 15 is 0 Å². The number of hydrogen-bond acceptors (Lipinski definition) is 2. The monoisotopic (exact) mass is 267 g/mol. The molecule has 0 aliphatic carbocycles. The molecule has 0 heterocycles. The van der Waals surface area contributed by atoms with Crippen LogP contribution >= 0.6 is 11.6 Å². The van der Waals surface area contributed by atoms with Crippen LogP contribution in [0.3, 0.4) is 0 Å². The normalized spacial score (nSPS) is 10.3. The van der Waals surface area contributed by atoms with Crippen molar-refractivity contribution in [3.63, 3.8) is 0 Å². The van der Waals surface area contributed by atoms with E-state index in [1.165, 1.54) is 0 Å². The molecule has 0 amide bonds. The van der Waals surface area contributed by atoms with Crippen LogP contribution < -0.4 is 10.1 Å². The summed E-state index contributed by atoms with van der Waals surface area (Å²) in [5, 5.41) is 4.12. The minimum atomic E-state index is 0.702. The van der Waals surface area contributed by atoms with Gasteiger partial charge in [-0.15, -0.1) is 6.58 Å². The van der Waals surface area contributed by atoms with Gasteiger partial charge in [-0.1, -0.05) is 30.7 Å². The van der Waals surface area contributed by atoms with Gasteiger partial charge in [0, 0.05) is 17.1 Å². The second kappa shape index (κ2) is 9.01. The molecule has 0 aromatic heterocycles. The van der Waals surface area contributed by atoms with E-state index in [1.807, 2.05) is 24.3 Å². The maximum Gasteiger partial charge on any atom is 0.125 e. The van der Waals surface area contributed by atoms with E-state index in [0.717, 1.165) is 48.7 Å². The van der Waals surface area contributed by atoms with Crippen molar-refractivity contribution in [2.45, 2.75) is 32.7 Å². The average molecular weight is 268 g/mol. The summed E-state index contributed by atoms with van der Waals surface area (Å²) >= 11 is 6.21. The molecule has 100 valence electrons. The van der Waals surface area contributed by atoms with E-state index < -0.39 is 0 Å².